The normalized spacial score (nSPS) is 22.2. The molecule has 1 N–H and O–H groups in total. The molecule has 2 aliphatic rings. The van der Waals surface area contributed by atoms with E-state index in [1.54, 1.807) is 0 Å². The van der Waals surface area contributed by atoms with Gasteiger partial charge in [-0.25, -0.2) is 0 Å². The van der Waals surface area contributed by atoms with Crippen LogP contribution < -0.4 is 10.1 Å². The molecule has 1 heterocycles. The van der Waals surface area contributed by atoms with Crippen LogP contribution in [0.3, 0.4) is 0 Å². The van der Waals surface area contributed by atoms with Gasteiger partial charge in [-0.3, -0.25) is 0 Å². The summed E-state index contributed by atoms with van der Waals surface area (Å²) >= 11 is 4.18. The molecule has 2 nitrogen and oxygen atoms in total. The van der Waals surface area contributed by atoms with Gasteiger partial charge in [-0.2, -0.15) is 23.5 Å². The van der Waals surface area contributed by atoms with E-state index in [4.69, 9.17) is 4.74 Å². The first-order valence-corrected chi connectivity index (χ1v) is 9.74. The number of thioether (sulfide) groups is 2. The van der Waals surface area contributed by atoms with Crippen LogP contribution in [0.1, 0.15) is 12.8 Å². The summed E-state index contributed by atoms with van der Waals surface area (Å²) < 4.78 is 5.95. The van der Waals surface area contributed by atoms with E-state index < -0.39 is 0 Å². The van der Waals surface area contributed by atoms with E-state index in [-0.39, 0.29) is 0 Å². The third-order valence-corrected chi connectivity index (χ3v) is 6.54. The molecule has 4 heteroatoms. The molecule has 1 aliphatic carbocycles. The topological polar surface area (TPSA) is 21.3 Å². The first-order chi connectivity index (χ1) is 9.86. The maximum absolute atomic E-state index is 5.95. The number of ether oxygens (including phenoxy) is 1. The minimum absolute atomic E-state index is 0.400. The van der Waals surface area contributed by atoms with Gasteiger partial charge >= 0.3 is 0 Å². The molecular formula is C16H23NOS2. The molecule has 0 spiro atoms. The Hall–Kier alpha value is -0.320. The lowest BCUT2D eigenvalue weighted by Crippen LogP contribution is -2.39. The molecule has 1 saturated heterocycles. The Labute approximate surface area is 130 Å². The Morgan fingerprint density at radius 2 is 1.80 bits per heavy atom. The van der Waals surface area contributed by atoms with Gasteiger partial charge in [-0.05, 0) is 25.0 Å². The second-order valence-corrected chi connectivity index (χ2v) is 8.13. The molecule has 0 aromatic heterocycles. The summed E-state index contributed by atoms with van der Waals surface area (Å²) in [5.74, 6) is 6.15. The highest BCUT2D eigenvalue weighted by Gasteiger charge is 2.43. The lowest BCUT2D eigenvalue weighted by Gasteiger charge is -2.21. The van der Waals surface area contributed by atoms with Gasteiger partial charge in [0.1, 0.15) is 5.75 Å². The Kier molecular flexibility index (Phi) is 5.19. The zero-order valence-corrected chi connectivity index (χ0v) is 13.5. The van der Waals surface area contributed by atoms with Crippen molar-refractivity contribution in [1.82, 2.24) is 5.32 Å². The predicted molar refractivity (Wildman–Crippen MR) is 90.0 cm³/mol. The molecule has 1 aliphatic heterocycles. The van der Waals surface area contributed by atoms with Gasteiger partial charge in [0.15, 0.2) is 0 Å². The van der Waals surface area contributed by atoms with E-state index in [0.717, 1.165) is 18.9 Å². The van der Waals surface area contributed by atoms with E-state index in [1.807, 2.05) is 30.3 Å². The molecule has 0 amide bonds. The van der Waals surface area contributed by atoms with Gasteiger partial charge in [0.05, 0.1) is 6.61 Å². The van der Waals surface area contributed by atoms with Crippen molar-refractivity contribution in [2.75, 3.05) is 36.2 Å². The Bertz CT molecular complexity index is 400. The van der Waals surface area contributed by atoms with Crippen LogP contribution in [0.5, 0.6) is 5.75 Å². The first-order valence-electron chi connectivity index (χ1n) is 7.43. The molecule has 0 radical (unpaired) electrons. The van der Waals surface area contributed by atoms with Crippen molar-refractivity contribution in [2.24, 2.45) is 5.41 Å². The largest absolute Gasteiger partial charge is 0.493 e. The van der Waals surface area contributed by atoms with Gasteiger partial charge in [-0.1, -0.05) is 18.2 Å². The second kappa shape index (κ2) is 7.10. The van der Waals surface area contributed by atoms with Crippen molar-refractivity contribution in [3.05, 3.63) is 30.3 Å². The fourth-order valence-corrected chi connectivity index (χ4v) is 4.86. The SMILES string of the molecule is c1ccc(OCC2(CNC3CSCCSC3)CC2)cc1. The van der Waals surface area contributed by atoms with Crippen LogP contribution in [-0.4, -0.2) is 42.2 Å². The lowest BCUT2D eigenvalue weighted by atomic mass is 10.1. The fourth-order valence-electron chi connectivity index (χ4n) is 2.40. The van der Waals surface area contributed by atoms with E-state index in [0.29, 0.717) is 11.5 Å². The van der Waals surface area contributed by atoms with E-state index >= 15 is 0 Å². The molecule has 110 valence electrons. The molecule has 1 aromatic rings. The third kappa shape index (κ3) is 4.34. The van der Waals surface area contributed by atoms with Crippen molar-refractivity contribution in [3.63, 3.8) is 0 Å². The second-order valence-electron chi connectivity index (χ2n) is 5.83. The van der Waals surface area contributed by atoms with Crippen LogP contribution in [0.2, 0.25) is 0 Å². The van der Waals surface area contributed by atoms with E-state index in [9.17, 15) is 0 Å². The standard InChI is InChI=1S/C16H23NOS2/c1-2-4-15(5-3-1)18-13-16(6-7-16)12-17-14-10-19-8-9-20-11-14/h1-5,14,17H,6-13H2. The molecular weight excluding hydrogens is 286 g/mol. The van der Waals surface area contributed by atoms with Gasteiger partial charge in [-0.15, -0.1) is 0 Å². The van der Waals surface area contributed by atoms with Crippen molar-refractivity contribution < 1.29 is 4.74 Å². The minimum Gasteiger partial charge on any atom is -0.493 e. The van der Waals surface area contributed by atoms with E-state index in [1.165, 1.54) is 35.9 Å². The number of rotatable bonds is 6. The molecule has 1 saturated carbocycles. The molecule has 0 bridgehead atoms. The molecule has 0 unspecified atom stereocenters. The quantitative estimate of drug-likeness (QED) is 0.870. The van der Waals surface area contributed by atoms with Crippen LogP contribution in [0.15, 0.2) is 30.3 Å². The number of hydrogen-bond donors (Lipinski definition) is 1. The van der Waals surface area contributed by atoms with Crippen LogP contribution in [0.4, 0.5) is 0 Å². The zero-order chi connectivity index (χ0) is 13.7. The molecule has 3 rings (SSSR count). The summed E-state index contributed by atoms with van der Waals surface area (Å²) in [7, 11) is 0. The molecule has 20 heavy (non-hydrogen) atoms. The van der Waals surface area contributed by atoms with Crippen molar-refractivity contribution in [3.8, 4) is 5.75 Å². The van der Waals surface area contributed by atoms with Crippen LogP contribution >= 0.6 is 23.5 Å². The summed E-state index contributed by atoms with van der Waals surface area (Å²) in [4.78, 5) is 0. The summed E-state index contributed by atoms with van der Waals surface area (Å²) in [6.07, 6.45) is 2.61. The van der Waals surface area contributed by atoms with Gasteiger partial charge < -0.3 is 10.1 Å². The number of benzene rings is 1. The Morgan fingerprint density at radius 1 is 1.10 bits per heavy atom. The average molecular weight is 310 g/mol. The van der Waals surface area contributed by atoms with Crippen molar-refractivity contribution in [1.29, 1.82) is 0 Å². The predicted octanol–water partition coefficient (Wildman–Crippen LogP) is 3.28. The van der Waals surface area contributed by atoms with Crippen LogP contribution in [0, 0.1) is 5.41 Å². The van der Waals surface area contributed by atoms with Gasteiger partial charge in [0, 0.05) is 41.0 Å². The number of nitrogens with one attached hydrogen (secondary N) is 1. The monoisotopic (exact) mass is 309 g/mol. The number of para-hydroxylation sites is 1. The van der Waals surface area contributed by atoms with Gasteiger partial charge in [0.25, 0.3) is 0 Å². The van der Waals surface area contributed by atoms with E-state index in [2.05, 4.69) is 28.8 Å². The minimum atomic E-state index is 0.400. The zero-order valence-electron chi connectivity index (χ0n) is 11.8. The summed E-state index contributed by atoms with van der Waals surface area (Å²) in [6, 6.07) is 10.9. The molecule has 2 fully saturated rings. The molecule has 1 aromatic carbocycles. The first kappa shape index (κ1) is 14.6. The lowest BCUT2D eigenvalue weighted by molar-refractivity contribution is 0.227. The molecule has 0 atom stereocenters. The fraction of sp³-hybridized carbons (Fsp3) is 0.625. The third-order valence-electron chi connectivity index (χ3n) is 4.02. The summed E-state index contributed by atoms with van der Waals surface area (Å²) in [5.41, 5.74) is 0.400. The Morgan fingerprint density at radius 3 is 2.45 bits per heavy atom. The number of hydrogen-bond acceptors (Lipinski definition) is 4. The maximum Gasteiger partial charge on any atom is 0.119 e. The van der Waals surface area contributed by atoms with Crippen LogP contribution in [0.25, 0.3) is 0 Å². The highest BCUT2D eigenvalue weighted by molar-refractivity contribution is 8.03. The highest BCUT2D eigenvalue weighted by atomic mass is 32.2. The van der Waals surface area contributed by atoms with Crippen molar-refractivity contribution >= 4 is 23.5 Å². The Balaban J connectivity index is 1.42. The van der Waals surface area contributed by atoms with Crippen molar-refractivity contribution in [2.45, 2.75) is 18.9 Å². The average Bonchev–Trinajstić information content (AvgIpc) is 3.29. The summed E-state index contributed by atoms with van der Waals surface area (Å²) in [6.45, 7) is 1.97. The maximum atomic E-state index is 5.95. The highest BCUT2D eigenvalue weighted by Crippen LogP contribution is 2.45. The van der Waals surface area contributed by atoms with Crippen LogP contribution in [-0.2, 0) is 0 Å². The van der Waals surface area contributed by atoms with Gasteiger partial charge in [0.2, 0.25) is 0 Å². The smallest absolute Gasteiger partial charge is 0.119 e. The summed E-state index contributed by atoms with van der Waals surface area (Å²) in [5, 5.41) is 3.78.